The number of benzene rings is 1. The van der Waals surface area contributed by atoms with Gasteiger partial charge in [-0.05, 0) is 43.9 Å². The molecule has 3 heterocycles. The molecule has 33 heavy (non-hydrogen) atoms. The van der Waals surface area contributed by atoms with Crippen molar-refractivity contribution >= 4 is 5.91 Å². The van der Waals surface area contributed by atoms with E-state index in [2.05, 4.69) is 20.2 Å². The van der Waals surface area contributed by atoms with E-state index in [1.54, 1.807) is 4.90 Å². The first-order valence-corrected chi connectivity index (χ1v) is 10.3. The van der Waals surface area contributed by atoms with Crippen LogP contribution in [0, 0.1) is 11.7 Å². The monoisotopic (exact) mass is 462 g/mol. The molecule has 2 aromatic heterocycles. The molecule has 0 N–H and O–H groups in total. The Morgan fingerprint density at radius 3 is 2.52 bits per heavy atom. The highest BCUT2D eigenvalue weighted by molar-refractivity contribution is 5.98. The third kappa shape index (κ3) is 3.79. The van der Waals surface area contributed by atoms with Crippen molar-refractivity contribution in [2.75, 3.05) is 0 Å². The third-order valence-electron chi connectivity index (χ3n) is 6.24. The Kier molecular flexibility index (Phi) is 5.02. The average molecular weight is 462 g/mol. The summed E-state index contributed by atoms with van der Waals surface area (Å²) in [7, 11) is 0. The van der Waals surface area contributed by atoms with Gasteiger partial charge in [-0.15, -0.1) is 0 Å². The van der Waals surface area contributed by atoms with Crippen LogP contribution in [0.1, 0.15) is 35.8 Å². The van der Waals surface area contributed by atoms with Crippen LogP contribution in [0.3, 0.4) is 0 Å². The standard InChI is InChI=1S/C21H18F4N6O2/c1-11-12-6-16(17(7-12)33-19-10-26-18(9-27-19)21(23,24)25)30(11)20(32)14-8-13(22)2-3-15(14)31-28-4-5-29-31/h2-5,8-12,16-17H,6-7H2,1H3. The lowest BCUT2D eigenvalue weighted by molar-refractivity contribution is -0.141. The number of amides is 1. The molecule has 12 heteroatoms. The van der Waals surface area contributed by atoms with Crippen LogP contribution in [0.25, 0.3) is 5.69 Å². The normalized spacial score (nSPS) is 24.3. The molecular weight excluding hydrogens is 444 g/mol. The van der Waals surface area contributed by atoms with Gasteiger partial charge in [-0.2, -0.15) is 28.2 Å². The first-order chi connectivity index (χ1) is 15.7. The molecule has 5 rings (SSSR count). The molecule has 1 aliphatic heterocycles. The number of hydrogen-bond donors (Lipinski definition) is 0. The second kappa shape index (κ2) is 7.78. The Bertz CT molecular complexity index is 1170. The lowest BCUT2D eigenvalue weighted by Gasteiger charge is -2.37. The average Bonchev–Trinajstić information content (AvgIpc) is 3.50. The minimum atomic E-state index is -4.59. The molecule has 1 aliphatic carbocycles. The minimum Gasteiger partial charge on any atom is -0.471 e. The smallest absolute Gasteiger partial charge is 0.434 e. The topological polar surface area (TPSA) is 86.0 Å². The van der Waals surface area contributed by atoms with Crippen molar-refractivity contribution in [2.45, 2.75) is 44.1 Å². The van der Waals surface area contributed by atoms with E-state index in [-0.39, 0.29) is 29.4 Å². The Morgan fingerprint density at radius 2 is 1.88 bits per heavy atom. The van der Waals surface area contributed by atoms with E-state index >= 15 is 0 Å². The summed E-state index contributed by atoms with van der Waals surface area (Å²) in [5.41, 5.74) is -0.662. The van der Waals surface area contributed by atoms with Gasteiger partial charge in [0.2, 0.25) is 5.88 Å². The van der Waals surface area contributed by atoms with E-state index in [4.69, 9.17) is 4.74 Å². The molecule has 2 fully saturated rings. The molecule has 0 spiro atoms. The van der Waals surface area contributed by atoms with Crippen LogP contribution in [-0.4, -0.2) is 54.0 Å². The van der Waals surface area contributed by atoms with Crippen LogP contribution < -0.4 is 4.74 Å². The molecule has 2 bridgehead atoms. The van der Waals surface area contributed by atoms with Crippen molar-refractivity contribution in [1.29, 1.82) is 0 Å². The highest BCUT2D eigenvalue weighted by Gasteiger charge is 2.53. The molecule has 172 valence electrons. The summed E-state index contributed by atoms with van der Waals surface area (Å²) in [5.74, 6) is -0.883. The SMILES string of the molecule is CC1C2CC(Oc3cnc(C(F)(F)F)cn3)C(C2)N1C(=O)c1cc(F)ccc1-n1nccn1. The second-order valence-corrected chi connectivity index (χ2v) is 8.13. The zero-order valence-corrected chi connectivity index (χ0v) is 17.3. The van der Waals surface area contributed by atoms with Gasteiger partial charge in [0.05, 0.1) is 42.1 Å². The number of alkyl halides is 3. The number of aromatic nitrogens is 5. The number of nitrogens with zero attached hydrogens (tertiary/aromatic N) is 6. The third-order valence-corrected chi connectivity index (χ3v) is 6.24. The fourth-order valence-corrected chi connectivity index (χ4v) is 4.70. The van der Waals surface area contributed by atoms with Gasteiger partial charge >= 0.3 is 6.18 Å². The lowest BCUT2D eigenvalue weighted by Crippen LogP contribution is -2.51. The number of halogens is 4. The van der Waals surface area contributed by atoms with Gasteiger partial charge in [-0.1, -0.05) is 0 Å². The molecule has 1 aromatic carbocycles. The number of likely N-dealkylation sites (tertiary alicyclic amines) is 1. The summed E-state index contributed by atoms with van der Waals surface area (Å²) in [6.45, 7) is 1.92. The van der Waals surface area contributed by atoms with Crippen molar-refractivity contribution in [3.63, 3.8) is 0 Å². The summed E-state index contributed by atoms with van der Waals surface area (Å²) in [6.07, 6.45) is 0.664. The van der Waals surface area contributed by atoms with Crippen LogP contribution in [0.4, 0.5) is 17.6 Å². The van der Waals surface area contributed by atoms with Crippen LogP contribution in [0.2, 0.25) is 0 Å². The molecule has 4 atom stereocenters. The van der Waals surface area contributed by atoms with Crippen LogP contribution >= 0.6 is 0 Å². The molecule has 1 saturated heterocycles. The van der Waals surface area contributed by atoms with Crippen LogP contribution in [-0.2, 0) is 6.18 Å². The predicted molar refractivity (Wildman–Crippen MR) is 105 cm³/mol. The van der Waals surface area contributed by atoms with Gasteiger partial charge in [0.25, 0.3) is 5.91 Å². The van der Waals surface area contributed by atoms with Crippen molar-refractivity contribution < 1.29 is 27.1 Å². The number of ether oxygens (including phenoxy) is 1. The second-order valence-electron chi connectivity index (χ2n) is 8.13. The molecule has 8 nitrogen and oxygen atoms in total. The van der Waals surface area contributed by atoms with E-state index in [0.29, 0.717) is 24.7 Å². The zero-order chi connectivity index (χ0) is 23.3. The maximum atomic E-state index is 14.1. The highest BCUT2D eigenvalue weighted by Crippen LogP contribution is 2.44. The molecule has 0 radical (unpaired) electrons. The summed E-state index contributed by atoms with van der Waals surface area (Å²) >= 11 is 0. The Hall–Kier alpha value is -3.57. The molecule has 3 aromatic rings. The van der Waals surface area contributed by atoms with E-state index < -0.39 is 29.7 Å². The van der Waals surface area contributed by atoms with Gasteiger partial charge in [-0.3, -0.25) is 4.79 Å². The fraction of sp³-hybridized carbons (Fsp3) is 0.381. The van der Waals surface area contributed by atoms with Crippen molar-refractivity contribution in [3.8, 4) is 11.6 Å². The summed E-state index contributed by atoms with van der Waals surface area (Å²) < 4.78 is 58.1. The number of carbonyl (C=O) groups excluding carboxylic acids is 1. The van der Waals surface area contributed by atoms with Crippen molar-refractivity contribution in [1.82, 2.24) is 29.9 Å². The van der Waals surface area contributed by atoms with E-state index in [0.717, 1.165) is 12.3 Å². The van der Waals surface area contributed by atoms with Crippen LogP contribution in [0.5, 0.6) is 5.88 Å². The number of piperidine rings is 1. The minimum absolute atomic E-state index is 0.0483. The summed E-state index contributed by atoms with van der Waals surface area (Å²) in [4.78, 5) is 23.5. The van der Waals surface area contributed by atoms with Crippen molar-refractivity contribution in [2.24, 2.45) is 5.92 Å². The molecule has 1 saturated carbocycles. The van der Waals surface area contributed by atoms with Gasteiger partial charge in [0.1, 0.15) is 11.9 Å². The largest absolute Gasteiger partial charge is 0.471 e. The maximum absolute atomic E-state index is 14.1. The maximum Gasteiger partial charge on any atom is 0.434 e. The Labute approximate surface area is 185 Å². The number of rotatable bonds is 4. The molecular formula is C21H18F4N6O2. The van der Waals surface area contributed by atoms with Gasteiger partial charge in [-0.25, -0.2) is 14.4 Å². The Balaban J connectivity index is 1.40. The predicted octanol–water partition coefficient (Wildman–Crippen LogP) is 3.29. The Morgan fingerprint density at radius 1 is 1.12 bits per heavy atom. The van der Waals surface area contributed by atoms with E-state index in [9.17, 15) is 22.4 Å². The van der Waals surface area contributed by atoms with Crippen LogP contribution in [0.15, 0.2) is 43.0 Å². The first-order valence-electron chi connectivity index (χ1n) is 10.3. The van der Waals surface area contributed by atoms with Gasteiger partial charge in [0.15, 0.2) is 5.69 Å². The fourth-order valence-electron chi connectivity index (χ4n) is 4.70. The quantitative estimate of drug-likeness (QED) is 0.554. The molecule has 4 unspecified atom stereocenters. The zero-order valence-electron chi connectivity index (χ0n) is 17.3. The molecule has 1 amide bonds. The lowest BCUT2D eigenvalue weighted by atomic mass is 9.98. The number of fused-ring (bicyclic) bond motifs is 2. The van der Waals surface area contributed by atoms with Crippen molar-refractivity contribution in [3.05, 3.63) is 60.1 Å². The van der Waals surface area contributed by atoms with E-state index in [1.807, 2.05) is 6.92 Å². The van der Waals surface area contributed by atoms with Gasteiger partial charge < -0.3 is 9.64 Å². The van der Waals surface area contributed by atoms with Gasteiger partial charge in [0, 0.05) is 6.04 Å². The molecule has 2 aliphatic rings. The number of hydrogen-bond acceptors (Lipinski definition) is 6. The summed E-state index contributed by atoms with van der Waals surface area (Å²) in [6, 6.07) is 3.35. The highest BCUT2D eigenvalue weighted by atomic mass is 19.4. The first kappa shape index (κ1) is 21.3. The summed E-state index contributed by atoms with van der Waals surface area (Å²) in [5, 5.41) is 8.08. The number of carbonyl (C=O) groups is 1. The van der Waals surface area contributed by atoms with E-state index in [1.165, 1.54) is 29.3 Å².